The largest absolute Gasteiger partial charge is 0.497 e. The predicted octanol–water partition coefficient (Wildman–Crippen LogP) is 1.62. The van der Waals surface area contributed by atoms with Crippen LogP contribution < -0.4 is 9.64 Å². The van der Waals surface area contributed by atoms with Gasteiger partial charge >= 0.3 is 5.97 Å². The van der Waals surface area contributed by atoms with Crippen molar-refractivity contribution in [3.05, 3.63) is 29.8 Å². The van der Waals surface area contributed by atoms with Gasteiger partial charge < -0.3 is 29.5 Å². The van der Waals surface area contributed by atoms with Gasteiger partial charge in [-0.05, 0) is 48.9 Å². The van der Waals surface area contributed by atoms with E-state index in [-0.39, 0.29) is 23.2 Å². The number of aromatic nitrogens is 1. The fraction of sp³-hybridized carbons (Fsp3) is 0.474. The second kappa shape index (κ2) is 6.86. The number of rotatable bonds is 4. The third kappa shape index (κ3) is 3.15. The lowest BCUT2D eigenvalue weighted by atomic mass is 9.79. The van der Waals surface area contributed by atoms with Crippen molar-refractivity contribution in [2.45, 2.75) is 25.0 Å². The Morgan fingerprint density at radius 3 is 2.26 bits per heavy atom. The van der Waals surface area contributed by atoms with E-state index in [2.05, 4.69) is 5.16 Å². The van der Waals surface area contributed by atoms with Gasteiger partial charge in [0.2, 0.25) is 0 Å². The molecule has 1 aliphatic heterocycles. The molecule has 0 unspecified atom stereocenters. The van der Waals surface area contributed by atoms with Gasteiger partial charge in [0.05, 0.1) is 19.3 Å². The number of fused-ring (bicyclic) bond motifs is 1. The quantitative estimate of drug-likeness (QED) is 0.739. The van der Waals surface area contributed by atoms with Crippen LogP contribution >= 0.6 is 0 Å². The number of anilines is 1. The van der Waals surface area contributed by atoms with E-state index >= 15 is 0 Å². The number of aliphatic hydroxyl groups is 2. The van der Waals surface area contributed by atoms with Gasteiger partial charge in [0.1, 0.15) is 5.75 Å². The van der Waals surface area contributed by atoms with Crippen LogP contribution in [0.5, 0.6) is 5.75 Å². The number of nitrogens with zero attached hydrogens (tertiary/aromatic N) is 2. The first kappa shape index (κ1) is 17.8. The van der Waals surface area contributed by atoms with E-state index in [1.807, 2.05) is 4.90 Å². The smallest absolute Gasteiger partial charge is 0.343 e. The number of benzene rings is 1. The van der Waals surface area contributed by atoms with Crippen molar-refractivity contribution in [2.24, 2.45) is 11.8 Å². The summed E-state index contributed by atoms with van der Waals surface area (Å²) < 4.78 is 10.5. The molecule has 144 valence electrons. The zero-order valence-corrected chi connectivity index (χ0v) is 14.9. The lowest BCUT2D eigenvalue weighted by molar-refractivity contribution is -0.0372. The van der Waals surface area contributed by atoms with Crippen LogP contribution in [0.15, 0.2) is 28.8 Å². The molecule has 1 saturated heterocycles. The molecule has 2 heterocycles. The van der Waals surface area contributed by atoms with Gasteiger partial charge in [-0.15, -0.1) is 0 Å². The maximum absolute atomic E-state index is 11.9. The van der Waals surface area contributed by atoms with Crippen LogP contribution in [-0.2, 0) is 0 Å². The summed E-state index contributed by atoms with van der Waals surface area (Å²) in [5.41, 5.74) is 0.634. The van der Waals surface area contributed by atoms with Gasteiger partial charge in [-0.1, -0.05) is 5.16 Å². The number of aliphatic hydroxyl groups excluding tert-OH is 2. The SMILES string of the molecule is COc1ccc(-c2onc(N3C[C@H]4C[C@H](O)[C@H](O)C[C@H]4C3)c2C(=O)O)cc1. The second-order valence-corrected chi connectivity index (χ2v) is 7.28. The normalized spacial score (nSPS) is 27.4. The Balaban J connectivity index is 1.64. The Morgan fingerprint density at radius 1 is 1.15 bits per heavy atom. The maximum Gasteiger partial charge on any atom is 0.343 e. The van der Waals surface area contributed by atoms with E-state index in [1.54, 1.807) is 31.4 Å². The predicted molar refractivity (Wildman–Crippen MR) is 95.9 cm³/mol. The highest BCUT2D eigenvalue weighted by molar-refractivity contribution is 5.99. The highest BCUT2D eigenvalue weighted by Gasteiger charge is 2.43. The second-order valence-electron chi connectivity index (χ2n) is 7.28. The topological polar surface area (TPSA) is 116 Å². The number of ether oxygens (including phenoxy) is 1. The number of hydrogen-bond donors (Lipinski definition) is 3. The summed E-state index contributed by atoms with van der Waals surface area (Å²) in [7, 11) is 1.56. The van der Waals surface area contributed by atoms with Gasteiger partial charge in [0, 0.05) is 18.7 Å². The molecule has 8 heteroatoms. The lowest BCUT2D eigenvalue weighted by Crippen LogP contribution is -2.38. The first-order chi connectivity index (χ1) is 13.0. The summed E-state index contributed by atoms with van der Waals surface area (Å²) in [6.45, 7) is 1.17. The molecule has 2 fully saturated rings. The summed E-state index contributed by atoms with van der Waals surface area (Å²) in [4.78, 5) is 13.8. The van der Waals surface area contributed by atoms with Crippen molar-refractivity contribution < 1.29 is 29.4 Å². The first-order valence-corrected chi connectivity index (χ1v) is 8.96. The van der Waals surface area contributed by atoms with Crippen LogP contribution in [0, 0.1) is 11.8 Å². The number of methoxy groups -OCH3 is 1. The Labute approximate surface area is 156 Å². The molecule has 0 bridgehead atoms. The highest BCUT2D eigenvalue weighted by Crippen LogP contribution is 2.40. The average molecular weight is 374 g/mol. The third-order valence-corrected chi connectivity index (χ3v) is 5.65. The van der Waals surface area contributed by atoms with Crippen LogP contribution in [0.3, 0.4) is 0 Å². The molecule has 1 aliphatic carbocycles. The molecule has 4 atom stereocenters. The van der Waals surface area contributed by atoms with Crippen molar-refractivity contribution >= 4 is 11.8 Å². The summed E-state index contributed by atoms with van der Waals surface area (Å²) in [5.74, 6) is 0.460. The minimum absolute atomic E-state index is 0.0277. The van der Waals surface area contributed by atoms with Crippen molar-refractivity contribution in [1.29, 1.82) is 0 Å². The zero-order chi connectivity index (χ0) is 19.1. The Morgan fingerprint density at radius 2 is 1.74 bits per heavy atom. The number of carboxylic acid groups (broad SMARTS) is 1. The molecular weight excluding hydrogens is 352 g/mol. The summed E-state index contributed by atoms with van der Waals surface area (Å²) in [6, 6.07) is 6.92. The minimum atomic E-state index is -1.10. The molecule has 3 N–H and O–H groups in total. The maximum atomic E-state index is 11.9. The van der Waals surface area contributed by atoms with Crippen molar-refractivity contribution in [1.82, 2.24) is 5.16 Å². The van der Waals surface area contributed by atoms with E-state index in [4.69, 9.17) is 9.26 Å². The van der Waals surface area contributed by atoms with Crippen molar-refractivity contribution in [2.75, 3.05) is 25.1 Å². The molecule has 27 heavy (non-hydrogen) atoms. The molecule has 8 nitrogen and oxygen atoms in total. The minimum Gasteiger partial charge on any atom is -0.497 e. The van der Waals surface area contributed by atoms with Crippen LogP contribution in [0.25, 0.3) is 11.3 Å². The fourth-order valence-corrected chi connectivity index (χ4v) is 4.21. The van der Waals surface area contributed by atoms with Crippen LogP contribution in [0.4, 0.5) is 5.82 Å². The molecule has 1 aromatic carbocycles. The van der Waals surface area contributed by atoms with Gasteiger partial charge in [-0.3, -0.25) is 0 Å². The molecule has 0 spiro atoms. The van der Waals surface area contributed by atoms with Crippen molar-refractivity contribution in [3.8, 4) is 17.1 Å². The first-order valence-electron chi connectivity index (χ1n) is 8.96. The Kier molecular flexibility index (Phi) is 4.53. The molecule has 0 amide bonds. The summed E-state index contributed by atoms with van der Waals surface area (Å²) >= 11 is 0. The fourth-order valence-electron chi connectivity index (χ4n) is 4.21. The van der Waals surface area contributed by atoms with Gasteiger partial charge in [-0.2, -0.15) is 0 Å². The Bertz CT molecular complexity index is 815. The summed E-state index contributed by atoms with van der Waals surface area (Å²) in [6.07, 6.45) is -0.434. The van der Waals surface area contributed by atoms with E-state index in [1.165, 1.54) is 0 Å². The number of carboxylic acids is 1. The molecule has 1 aromatic heterocycles. The number of hydrogen-bond acceptors (Lipinski definition) is 7. The number of carbonyl (C=O) groups is 1. The number of aromatic carboxylic acids is 1. The molecule has 2 aliphatic rings. The molecular formula is C19H22N2O6. The zero-order valence-electron chi connectivity index (χ0n) is 14.9. The molecule has 4 rings (SSSR count). The van der Waals surface area contributed by atoms with Crippen LogP contribution in [0.1, 0.15) is 23.2 Å². The van der Waals surface area contributed by atoms with E-state index in [0.29, 0.717) is 43.1 Å². The van der Waals surface area contributed by atoms with E-state index in [9.17, 15) is 20.1 Å². The molecule has 1 saturated carbocycles. The van der Waals surface area contributed by atoms with E-state index in [0.717, 1.165) is 0 Å². The Hall–Kier alpha value is -2.58. The standard InChI is InChI=1S/C19H22N2O6/c1-26-13-4-2-10(3-5-13)17-16(19(24)25)18(20-27-17)21-8-11-6-14(22)15(23)7-12(11)9-21/h2-5,11-12,14-15,22-23H,6-9H2,1H3,(H,24,25)/t11-,12+,14+,15-. The highest BCUT2D eigenvalue weighted by atomic mass is 16.5. The van der Waals surface area contributed by atoms with Gasteiger partial charge in [0.15, 0.2) is 17.1 Å². The van der Waals surface area contributed by atoms with E-state index < -0.39 is 18.2 Å². The van der Waals surface area contributed by atoms with Gasteiger partial charge in [0.25, 0.3) is 0 Å². The average Bonchev–Trinajstić information content (AvgIpc) is 3.26. The monoisotopic (exact) mass is 374 g/mol. The van der Waals surface area contributed by atoms with Gasteiger partial charge in [-0.25, -0.2) is 4.79 Å². The lowest BCUT2D eigenvalue weighted by Gasteiger charge is -2.31. The van der Waals surface area contributed by atoms with Crippen molar-refractivity contribution in [3.63, 3.8) is 0 Å². The molecule has 2 aromatic rings. The summed E-state index contributed by atoms with van der Waals surface area (Å²) in [5, 5.41) is 33.6. The van der Waals surface area contributed by atoms with Crippen LogP contribution in [0.2, 0.25) is 0 Å². The molecule has 0 radical (unpaired) electrons. The third-order valence-electron chi connectivity index (χ3n) is 5.65. The van der Waals surface area contributed by atoms with Crippen LogP contribution in [-0.4, -0.2) is 58.9 Å².